The Labute approximate surface area is 186 Å². The minimum Gasteiger partial charge on any atom is -0.486 e. The maximum atomic E-state index is 13.6. The Morgan fingerprint density at radius 2 is 1.74 bits per heavy atom. The van der Waals surface area contributed by atoms with Crippen LogP contribution in [0.1, 0.15) is 22.1 Å². The average Bonchev–Trinajstić information content (AvgIpc) is 3.28. The van der Waals surface area contributed by atoms with E-state index in [0.717, 1.165) is 15.7 Å². The molecule has 0 saturated heterocycles. The molecule has 0 bridgehead atoms. The molecule has 3 aromatic carbocycles. The van der Waals surface area contributed by atoms with Gasteiger partial charge in [0.1, 0.15) is 19.4 Å². The first-order valence-corrected chi connectivity index (χ1v) is 10.7. The van der Waals surface area contributed by atoms with Crippen LogP contribution < -0.4 is 29.2 Å². The first-order valence-electron chi connectivity index (χ1n) is 9.87. The monoisotopic (exact) mass is 480 g/mol. The quantitative estimate of drug-likeness (QED) is 0.572. The Balaban J connectivity index is 1.50. The summed E-state index contributed by atoms with van der Waals surface area (Å²) in [5.41, 5.74) is 2.94. The molecule has 0 fully saturated rings. The molecule has 3 aliphatic heterocycles. The Hall–Kier alpha value is -3.39. The van der Waals surface area contributed by atoms with Gasteiger partial charge >= 0.3 is 0 Å². The van der Waals surface area contributed by atoms with Gasteiger partial charge in [0, 0.05) is 17.3 Å². The number of para-hydroxylation sites is 1. The van der Waals surface area contributed by atoms with Crippen molar-refractivity contribution in [3.63, 3.8) is 0 Å². The van der Waals surface area contributed by atoms with Gasteiger partial charge in [0.15, 0.2) is 23.0 Å². The number of rotatable bonds is 2. The zero-order valence-electron chi connectivity index (χ0n) is 16.3. The molecule has 1 atom stereocenters. The fourth-order valence-corrected chi connectivity index (χ4v) is 4.65. The number of nitrogens with one attached hydrogen (secondary N) is 1. The molecule has 0 radical (unpaired) electrons. The number of anilines is 2. The Morgan fingerprint density at radius 3 is 2.65 bits per heavy atom. The minimum atomic E-state index is -0.462. The number of carbonyl (C=O) groups excluding carboxylic acids is 1. The molecule has 1 amide bonds. The second-order valence-electron chi connectivity index (χ2n) is 7.33. The first kappa shape index (κ1) is 18.4. The van der Waals surface area contributed by atoms with Crippen LogP contribution >= 0.6 is 15.9 Å². The van der Waals surface area contributed by atoms with E-state index in [2.05, 4.69) is 21.2 Å². The summed E-state index contributed by atoms with van der Waals surface area (Å²) in [5, 5.41) is 3.51. The number of nitrogens with zero attached hydrogens (tertiary/aromatic N) is 1. The van der Waals surface area contributed by atoms with Crippen LogP contribution in [0.3, 0.4) is 0 Å². The van der Waals surface area contributed by atoms with Crippen molar-refractivity contribution in [1.29, 1.82) is 0 Å². The summed E-state index contributed by atoms with van der Waals surface area (Å²) in [6, 6.07) is 16.9. The van der Waals surface area contributed by atoms with E-state index < -0.39 is 6.17 Å². The van der Waals surface area contributed by atoms with Gasteiger partial charge in [0.05, 0.1) is 15.7 Å². The van der Waals surface area contributed by atoms with E-state index >= 15 is 0 Å². The summed E-state index contributed by atoms with van der Waals surface area (Å²) in [5.74, 6) is 2.50. The molecule has 1 N–H and O–H groups in total. The van der Waals surface area contributed by atoms with Crippen LogP contribution in [-0.2, 0) is 0 Å². The SMILES string of the molecule is O=C1c2ccccc2N[C@H](c2cc(Br)c3c(c2)OCO3)N1c1ccc2c(c1)OCCO2. The van der Waals surface area contributed by atoms with Crippen molar-refractivity contribution in [2.24, 2.45) is 0 Å². The van der Waals surface area contributed by atoms with Crippen LogP contribution in [0.2, 0.25) is 0 Å². The lowest BCUT2D eigenvalue weighted by Gasteiger charge is -2.38. The smallest absolute Gasteiger partial charge is 0.262 e. The number of fused-ring (bicyclic) bond motifs is 3. The number of hydrogen-bond donors (Lipinski definition) is 1. The highest BCUT2D eigenvalue weighted by Crippen LogP contribution is 2.45. The third-order valence-corrected chi connectivity index (χ3v) is 6.08. The molecule has 3 aromatic rings. The summed E-state index contributed by atoms with van der Waals surface area (Å²) in [4.78, 5) is 15.4. The zero-order valence-corrected chi connectivity index (χ0v) is 17.8. The normalized spacial score (nSPS) is 18.4. The van der Waals surface area contributed by atoms with E-state index in [1.807, 2.05) is 54.6 Å². The lowest BCUT2D eigenvalue weighted by molar-refractivity contribution is 0.0974. The summed E-state index contributed by atoms with van der Waals surface area (Å²) in [7, 11) is 0. The predicted octanol–water partition coefficient (Wildman–Crippen LogP) is 4.72. The van der Waals surface area contributed by atoms with Crippen LogP contribution in [0.5, 0.6) is 23.0 Å². The molecule has 0 saturated carbocycles. The molecule has 6 rings (SSSR count). The fraction of sp³-hybridized carbons (Fsp3) is 0.174. The molecule has 31 heavy (non-hydrogen) atoms. The highest BCUT2D eigenvalue weighted by molar-refractivity contribution is 9.10. The van der Waals surface area contributed by atoms with E-state index in [-0.39, 0.29) is 12.7 Å². The maximum absolute atomic E-state index is 13.6. The Morgan fingerprint density at radius 1 is 0.903 bits per heavy atom. The van der Waals surface area contributed by atoms with Crippen LogP contribution in [-0.4, -0.2) is 25.9 Å². The number of amides is 1. The van der Waals surface area contributed by atoms with Gasteiger partial charge in [0.2, 0.25) is 6.79 Å². The van der Waals surface area contributed by atoms with Crippen LogP contribution in [0.4, 0.5) is 11.4 Å². The molecule has 0 aliphatic carbocycles. The average molecular weight is 481 g/mol. The van der Waals surface area contributed by atoms with Crippen molar-refractivity contribution in [2.75, 3.05) is 30.2 Å². The van der Waals surface area contributed by atoms with E-state index in [4.69, 9.17) is 18.9 Å². The van der Waals surface area contributed by atoms with Gasteiger partial charge in [-0.1, -0.05) is 12.1 Å². The summed E-state index contributed by atoms with van der Waals surface area (Å²) in [6.45, 7) is 1.16. The molecule has 0 unspecified atom stereocenters. The summed E-state index contributed by atoms with van der Waals surface area (Å²) >= 11 is 3.56. The highest BCUT2D eigenvalue weighted by Gasteiger charge is 2.36. The third kappa shape index (κ3) is 2.97. The van der Waals surface area contributed by atoms with Gasteiger partial charge in [-0.15, -0.1) is 0 Å². The number of halogens is 1. The number of benzene rings is 3. The number of hydrogen-bond acceptors (Lipinski definition) is 6. The van der Waals surface area contributed by atoms with E-state index in [0.29, 0.717) is 47.5 Å². The molecular formula is C23H17BrN2O5. The summed E-state index contributed by atoms with van der Waals surface area (Å²) in [6.07, 6.45) is -0.462. The Bertz CT molecular complexity index is 1210. The van der Waals surface area contributed by atoms with Crippen LogP contribution in [0.25, 0.3) is 0 Å². The molecule has 7 nitrogen and oxygen atoms in total. The third-order valence-electron chi connectivity index (χ3n) is 5.50. The van der Waals surface area contributed by atoms with Crippen molar-refractivity contribution in [3.05, 3.63) is 70.2 Å². The van der Waals surface area contributed by atoms with Gasteiger partial charge in [-0.05, 0) is 52.3 Å². The first-order chi connectivity index (χ1) is 15.2. The number of ether oxygens (including phenoxy) is 4. The predicted molar refractivity (Wildman–Crippen MR) is 117 cm³/mol. The molecule has 0 aromatic heterocycles. The lowest BCUT2D eigenvalue weighted by Crippen LogP contribution is -2.43. The number of carbonyl (C=O) groups is 1. The van der Waals surface area contributed by atoms with Gasteiger partial charge in [-0.25, -0.2) is 0 Å². The zero-order chi connectivity index (χ0) is 20.9. The van der Waals surface area contributed by atoms with Gasteiger partial charge < -0.3 is 24.3 Å². The minimum absolute atomic E-state index is 0.107. The van der Waals surface area contributed by atoms with Gasteiger partial charge in [-0.2, -0.15) is 0 Å². The van der Waals surface area contributed by atoms with E-state index in [9.17, 15) is 4.79 Å². The highest BCUT2D eigenvalue weighted by atomic mass is 79.9. The summed E-state index contributed by atoms with van der Waals surface area (Å²) < 4.78 is 23.3. The molecule has 3 heterocycles. The standard InChI is InChI=1S/C23H17BrN2O5/c24-16-9-13(10-20-21(16)31-12-30-20)22-25-17-4-2-1-3-15(17)23(27)26(22)14-5-6-18-19(11-14)29-8-7-28-18/h1-6,9-11,22,25H,7-8,12H2/t22-/m0/s1. The van der Waals surface area contributed by atoms with Crippen molar-refractivity contribution >= 4 is 33.2 Å². The van der Waals surface area contributed by atoms with Crippen molar-refractivity contribution in [2.45, 2.75) is 6.17 Å². The van der Waals surface area contributed by atoms with Crippen molar-refractivity contribution < 1.29 is 23.7 Å². The second-order valence-corrected chi connectivity index (χ2v) is 8.19. The molecule has 3 aliphatic rings. The molecular weight excluding hydrogens is 464 g/mol. The van der Waals surface area contributed by atoms with Gasteiger partial charge in [0.25, 0.3) is 5.91 Å². The van der Waals surface area contributed by atoms with Crippen LogP contribution in [0.15, 0.2) is 59.1 Å². The lowest BCUT2D eigenvalue weighted by atomic mass is 10.0. The Kier molecular flexibility index (Phi) is 4.21. The maximum Gasteiger partial charge on any atom is 0.262 e. The topological polar surface area (TPSA) is 69.3 Å². The molecule has 8 heteroatoms. The second kappa shape index (κ2) is 7.09. The van der Waals surface area contributed by atoms with E-state index in [1.165, 1.54) is 0 Å². The van der Waals surface area contributed by atoms with Gasteiger partial charge in [-0.3, -0.25) is 9.69 Å². The fourth-order valence-electron chi connectivity index (χ4n) is 4.08. The molecule has 156 valence electrons. The van der Waals surface area contributed by atoms with Crippen LogP contribution in [0, 0.1) is 0 Å². The molecule has 0 spiro atoms. The van der Waals surface area contributed by atoms with Crippen molar-refractivity contribution in [1.82, 2.24) is 0 Å². The van der Waals surface area contributed by atoms with E-state index in [1.54, 1.807) is 4.90 Å². The largest absolute Gasteiger partial charge is 0.486 e. The van der Waals surface area contributed by atoms with Crippen molar-refractivity contribution in [3.8, 4) is 23.0 Å².